The summed E-state index contributed by atoms with van der Waals surface area (Å²) in [5.74, 6) is -3.04. The predicted molar refractivity (Wildman–Crippen MR) is 125 cm³/mol. The van der Waals surface area contributed by atoms with Crippen LogP contribution in [0.1, 0.15) is 26.2 Å². The van der Waals surface area contributed by atoms with Crippen molar-refractivity contribution < 1.29 is 27.8 Å². The van der Waals surface area contributed by atoms with Crippen LogP contribution >= 0.6 is 11.3 Å². The molecule has 2 atom stereocenters. The molecule has 9 heteroatoms. The van der Waals surface area contributed by atoms with Crippen LogP contribution in [0.15, 0.2) is 60.7 Å². The van der Waals surface area contributed by atoms with E-state index in [0.717, 1.165) is 34.0 Å². The summed E-state index contributed by atoms with van der Waals surface area (Å²) in [5, 5.41) is 0.572. The largest absolute Gasteiger partial charge is 0.497 e. The number of nitrogens with two attached hydrogens (primary N) is 1. The summed E-state index contributed by atoms with van der Waals surface area (Å²) >= 11 is 1.41. The second kappa shape index (κ2) is 10.1. The van der Waals surface area contributed by atoms with Crippen LogP contribution < -0.4 is 15.2 Å². The zero-order chi connectivity index (χ0) is 24.2. The van der Waals surface area contributed by atoms with Crippen molar-refractivity contribution in [2.75, 3.05) is 14.2 Å². The molecule has 1 aromatic heterocycles. The van der Waals surface area contributed by atoms with Gasteiger partial charge in [0, 0.05) is 23.5 Å². The Morgan fingerprint density at radius 1 is 1.09 bits per heavy atom. The topological polar surface area (TPSA) is 83.7 Å². The average molecular weight is 485 g/mol. The number of halogens is 2. The molecule has 1 aliphatic carbocycles. The number of hydrogen-bond acceptors (Lipinski definition) is 6. The molecule has 0 spiro atoms. The summed E-state index contributed by atoms with van der Waals surface area (Å²) in [4.78, 5) is 17.1. The minimum absolute atomic E-state index is 0.0811. The smallest absolute Gasteiger partial charge is 0.254 e. The van der Waals surface area contributed by atoms with Crippen LogP contribution in [0, 0.1) is 11.6 Å². The molecule has 0 saturated carbocycles. The molecule has 1 heterocycles. The number of benzene rings is 2. The number of carbonyl (C=O) groups is 1. The standard InChI is InChI=1S/C25H22F2N2O4S/c1-31-15-9-7-14(8-10-15)23-24(16-5-3-4-6-18(16)32-2)34-20(29-23)13-33-19-12-11-17(26)21(22(19)27)25(28)30/h3-12,16,18H,13H2,1-2H3,(H2,28,30). The van der Waals surface area contributed by atoms with Crippen molar-refractivity contribution in [3.63, 3.8) is 0 Å². The lowest BCUT2D eigenvalue weighted by atomic mass is 9.93. The SMILES string of the molecule is COc1ccc(-c2nc(COc3ccc(F)c(C(N)=O)c3F)sc2C2C=CC=CC2OC)cc1. The summed E-state index contributed by atoms with van der Waals surface area (Å²) in [6.07, 6.45) is 7.71. The molecule has 0 radical (unpaired) electrons. The molecule has 0 aliphatic heterocycles. The Hall–Kier alpha value is -3.56. The highest BCUT2D eigenvalue weighted by atomic mass is 32.1. The number of hydrogen-bond donors (Lipinski definition) is 1. The van der Waals surface area contributed by atoms with E-state index in [1.165, 1.54) is 11.3 Å². The Labute approximate surface area is 199 Å². The Balaban J connectivity index is 1.68. The first kappa shape index (κ1) is 23.6. The maximum atomic E-state index is 14.6. The molecule has 2 aromatic carbocycles. The second-order valence-electron chi connectivity index (χ2n) is 7.43. The highest BCUT2D eigenvalue weighted by Crippen LogP contribution is 2.39. The third-order valence-corrected chi connectivity index (χ3v) is 6.50. The summed E-state index contributed by atoms with van der Waals surface area (Å²) in [6.45, 7) is -0.0848. The fourth-order valence-corrected chi connectivity index (χ4v) is 4.80. The van der Waals surface area contributed by atoms with E-state index in [9.17, 15) is 13.6 Å². The number of rotatable bonds is 8. The molecule has 0 fully saturated rings. The lowest BCUT2D eigenvalue weighted by Crippen LogP contribution is -2.18. The van der Waals surface area contributed by atoms with E-state index in [4.69, 9.17) is 24.9 Å². The van der Waals surface area contributed by atoms with Crippen LogP contribution in [-0.4, -0.2) is 31.2 Å². The number of nitrogens with zero attached hydrogens (tertiary/aromatic N) is 1. The second-order valence-corrected chi connectivity index (χ2v) is 8.55. The number of carbonyl (C=O) groups excluding carboxylic acids is 1. The van der Waals surface area contributed by atoms with Crippen molar-refractivity contribution in [3.8, 4) is 22.8 Å². The highest BCUT2D eigenvalue weighted by molar-refractivity contribution is 7.12. The van der Waals surface area contributed by atoms with Crippen molar-refractivity contribution in [2.24, 2.45) is 5.73 Å². The normalized spacial score (nSPS) is 17.1. The zero-order valence-corrected chi connectivity index (χ0v) is 19.3. The van der Waals surface area contributed by atoms with Crippen molar-refractivity contribution in [3.05, 3.63) is 87.8 Å². The van der Waals surface area contributed by atoms with Crippen molar-refractivity contribution >= 4 is 17.2 Å². The van der Waals surface area contributed by atoms with Gasteiger partial charge in [0.25, 0.3) is 5.91 Å². The van der Waals surface area contributed by atoms with Gasteiger partial charge < -0.3 is 19.9 Å². The number of allylic oxidation sites excluding steroid dienone is 2. The first-order valence-electron chi connectivity index (χ1n) is 10.3. The van der Waals surface area contributed by atoms with Crippen LogP contribution in [0.4, 0.5) is 8.78 Å². The van der Waals surface area contributed by atoms with E-state index in [1.807, 2.05) is 48.6 Å². The van der Waals surface area contributed by atoms with Crippen LogP contribution in [-0.2, 0) is 11.3 Å². The van der Waals surface area contributed by atoms with Gasteiger partial charge in [-0.3, -0.25) is 4.79 Å². The molecule has 1 amide bonds. The molecule has 2 N–H and O–H groups in total. The van der Waals surface area contributed by atoms with Gasteiger partial charge in [0.1, 0.15) is 28.7 Å². The summed E-state index contributed by atoms with van der Waals surface area (Å²) < 4.78 is 44.8. The summed E-state index contributed by atoms with van der Waals surface area (Å²) in [7, 11) is 3.24. The fourth-order valence-electron chi connectivity index (χ4n) is 3.68. The van der Waals surface area contributed by atoms with E-state index in [-0.39, 0.29) is 24.4 Å². The van der Waals surface area contributed by atoms with E-state index in [1.54, 1.807) is 14.2 Å². The number of amides is 1. The highest BCUT2D eigenvalue weighted by Gasteiger charge is 2.27. The monoisotopic (exact) mass is 484 g/mol. The molecule has 34 heavy (non-hydrogen) atoms. The average Bonchev–Trinajstić information content (AvgIpc) is 3.27. The van der Waals surface area contributed by atoms with Gasteiger partial charge in [-0.1, -0.05) is 24.3 Å². The van der Waals surface area contributed by atoms with Crippen molar-refractivity contribution in [1.29, 1.82) is 0 Å². The lowest BCUT2D eigenvalue weighted by molar-refractivity contribution is 0.0991. The maximum Gasteiger partial charge on any atom is 0.254 e. The van der Waals surface area contributed by atoms with Gasteiger partial charge in [-0.25, -0.2) is 13.8 Å². The summed E-state index contributed by atoms with van der Waals surface area (Å²) in [5.41, 5.74) is 5.88. The first-order chi connectivity index (χ1) is 16.4. The number of primary amides is 1. The zero-order valence-electron chi connectivity index (χ0n) is 18.5. The molecule has 2 unspecified atom stereocenters. The maximum absolute atomic E-state index is 14.6. The number of methoxy groups -OCH3 is 2. The van der Waals surface area contributed by atoms with Crippen LogP contribution in [0.25, 0.3) is 11.3 Å². The Morgan fingerprint density at radius 3 is 2.50 bits per heavy atom. The quantitative estimate of drug-likeness (QED) is 0.487. The predicted octanol–water partition coefficient (Wildman–Crippen LogP) is 5.00. The van der Waals surface area contributed by atoms with Crippen molar-refractivity contribution in [1.82, 2.24) is 4.98 Å². The van der Waals surface area contributed by atoms with E-state index in [0.29, 0.717) is 5.01 Å². The third-order valence-electron chi connectivity index (χ3n) is 5.37. The molecule has 0 bridgehead atoms. The van der Waals surface area contributed by atoms with E-state index >= 15 is 0 Å². The first-order valence-corrected chi connectivity index (χ1v) is 11.2. The van der Waals surface area contributed by atoms with Crippen LogP contribution in [0.5, 0.6) is 11.5 Å². The Kier molecular flexibility index (Phi) is 7.04. The van der Waals surface area contributed by atoms with Crippen LogP contribution in [0.2, 0.25) is 0 Å². The van der Waals surface area contributed by atoms with E-state index in [2.05, 4.69) is 0 Å². The molecular weight excluding hydrogens is 462 g/mol. The molecule has 4 rings (SSSR count). The number of ether oxygens (including phenoxy) is 3. The van der Waals surface area contributed by atoms with Gasteiger partial charge in [-0.2, -0.15) is 0 Å². The molecule has 6 nitrogen and oxygen atoms in total. The lowest BCUT2D eigenvalue weighted by Gasteiger charge is -2.22. The molecule has 176 valence electrons. The minimum atomic E-state index is -1.21. The number of thiazole rings is 1. The third kappa shape index (κ3) is 4.71. The Bertz CT molecular complexity index is 1250. The van der Waals surface area contributed by atoms with Gasteiger partial charge in [0.2, 0.25) is 0 Å². The number of aromatic nitrogens is 1. The molecule has 3 aromatic rings. The fraction of sp³-hybridized carbons (Fsp3) is 0.200. The van der Waals surface area contributed by atoms with Gasteiger partial charge in [0.05, 0.1) is 18.9 Å². The van der Waals surface area contributed by atoms with Crippen molar-refractivity contribution in [2.45, 2.75) is 18.6 Å². The van der Waals surface area contributed by atoms with E-state index < -0.39 is 23.1 Å². The van der Waals surface area contributed by atoms with Gasteiger partial charge >= 0.3 is 0 Å². The molecule has 0 saturated heterocycles. The minimum Gasteiger partial charge on any atom is -0.497 e. The molecular formula is C25H22F2N2O4S. The van der Waals surface area contributed by atoms with Gasteiger partial charge in [-0.05, 0) is 36.4 Å². The van der Waals surface area contributed by atoms with Gasteiger partial charge in [-0.15, -0.1) is 11.3 Å². The summed E-state index contributed by atoms with van der Waals surface area (Å²) in [6, 6.07) is 9.56. The molecule has 1 aliphatic rings. The Morgan fingerprint density at radius 2 is 1.82 bits per heavy atom. The van der Waals surface area contributed by atoms with Crippen LogP contribution in [0.3, 0.4) is 0 Å². The van der Waals surface area contributed by atoms with Gasteiger partial charge in [0.15, 0.2) is 11.6 Å².